The third kappa shape index (κ3) is 3.55. The Hall–Kier alpha value is -1.64. The number of sulfonamides is 1. The summed E-state index contributed by atoms with van der Waals surface area (Å²) in [6.07, 6.45) is 1.69. The van der Waals surface area contributed by atoms with Crippen molar-refractivity contribution >= 4 is 15.9 Å². The molecule has 1 amide bonds. The largest absolute Gasteiger partial charge is 0.495 e. The molecule has 1 aromatic rings. The molecule has 24 heavy (non-hydrogen) atoms. The molecule has 0 aromatic heterocycles. The van der Waals surface area contributed by atoms with E-state index >= 15 is 0 Å². The molecule has 7 nitrogen and oxygen atoms in total. The standard InChI is InChI=1S/C16H23N3O4S/c1-11-10-17-7-8-19(11)16(20)12-3-6-14(23-2)15(9-12)24(21,22)18-13-4-5-13/h3,6,9,11,13,17-18H,4-5,7-8,10H2,1-2H3/t11-/m0/s1. The molecule has 1 aliphatic carbocycles. The number of benzene rings is 1. The summed E-state index contributed by atoms with van der Waals surface area (Å²) in [7, 11) is -2.28. The average molecular weight is 353 g/mol. The van der Waals surface area contributed by atoms with Crippen LogP contribution >= 0.6 is 0 Å². The van der Waals surface area contributed by atoms with Crippen molar-refractivity contribution in [2.75, 3.05) is 26.7 Å². The molecule has 1 aliphatic heterocycles. The smallest absolute Gasteiger partial charge is 0.254 e. The second-order valence-corrected chi connectivity index (χ2v) is 8.00. The van der Waals surface area contributed by atoms with E-state index < -0.39 is 10.0 Å². The lowest BCUT2D eigenvalue weighted by Crippen LogP contribution is -2.52. The quantitative estimate of drug-likeness (QED) is 0.808. The lowest BCUT2D eigenvalue weighted by molar-refractivity contribution is 0.0655. The SMILES string of the molecule is COc1ccc(C(=O)N2CCNC[C@@H]2C)cc1S(=O)(=O)NC1CC1. The highest BCUT2D eigenvalue weighted by molar-refractivity contribution is 7.89. The zero-order valence-electron chi connectivity index (χ0n) is 13.9. The van der Waals surface area contributed by atoms with E-state index in [1.54, 1.807) is 17.0 Å². The maximum absolute atomic E-state index is 12.8. The zero-order chi connectivity index (χ0) is 17.3. The highest BCUT2D eigenvalue weighted by Gasteiger charge is 2.31. The van der Waals surface area contributed by atoms with Crippen LogP contribution in [0.4, 0.5) is 0 Å². The first kappa shape index (κ1) is 17.2. The second kappa shape index (κ2) is 6.70. The first-order valence-corrected chi connectivity index (χ1v) is 9.63. The van der Waals surface area contributed by atoms with Gasteiger partial charge < -0.3 is 15.0 Å². The van der Waals surface area contributed by atoms with E-state index in [0.717, 1.165) is 25.9 Å². The number of amides is 1. The van der Waals surface area contributed by atoms with E-state index in [1.807, 2.05) is 6.92 Å². The number of hydrogen-bond donors (Lipinski definition) is 2. The van der Waals surface area contributed by atoms with Gasteiger partial charge in [0.1, 0.15) is 10.6 Å². The lowest BCUT2D eigenvalue weighted by Gasteiger charge is -2.34. The van der Waals surface area contributed by atoms with Gasteiger partial charge in [-0.2, -0.15) is 0 Å². The highest BCUT2D eigenvalue weighted by Crippen LogP contribution is 2.29. The minimum Gasteiger partial charge on any atom is -0.495 e. The van der Waals surface area contributed by atoms with E-state index in [-0.39, 0.29) is 28.6 Å². The Morgan fingerprint density at radius 1 is 1.38 bits per heavy atom. The summed E-state index contributed by atoms with van der Waals surface area (Å²) in [5, 5.41) is 3.23. The lowest BCUT2D eigenvalue weighted by atomic mass is 10.1. The number of piperazine rings is 1. The highest BCUT2D eigenvalue weighted by atomic mass is 32.2. The molecular formula is C16H23N3O4S. The second-order valence-electron chi connectivity index (χ2n) is 6.31. The van der Waals surface area contributed by atoms with Crippen LogP contribution in [0.1, 0.15) is 30.1 Å². The van der Waals surface area contributed by atoms with Crippen LogP contribution in [0, 0.1) is 0 Å². The van der Waals surface area contributed by atoms with Gasteiger partial charge in [-0.15, -0.1) is 0 Å². The summed E-state index contributed by atoms with van der Waals surface area (Å²) in [6.45, 7) is 4.05. The Bertz CT molecular complexity index is 731. The fraction of sp³-hybridized carbons (Fsp3) is 0.562. The van der Waals surface area contributed by atoms with Crippen LogP contribution in [0.5, 0.6) is 5.75 Å². The Morgan fingerprint density at radius 3 is 2.75 bits per heavy atom. The van der Waals surface area contributed by atoms with Gasteiger partial charge in [-0.3, -0.25) is 4.79 Å². The molecular weight excluding hydrogens is 330 g/mol. The minimum atomic E-state index is -3.70. The minimum absolute atomic E-state index is 0.00717. The molecule has 0 unspecified atom stereocenters. The molecule has 2 fully saturated rings. The van der Waals surface area contributed by atoms with Crippen LogP contribution in [0.25, 0.3) is 0 Å². The topological polar surface area (TPSA) is 87.7 Å². The number of ether oxygens (including phenoxy) is 1. The first-order valence-electron chi connectivity index (χ1n) is 8.14. The number of carbonyl (C=O) groups excluding carboxylic acids is 1. The summed E-state index contributed by atoms with van der Waals surface area (Å²) in [5.74, 6) is 0.0857. The van der Waals surface area contributed by atoms with Crippen molar-refractivity contribution < 1.29 is 17.9 Å². The normalized spacial score (nSPS) is 21.6. The molecule has 2 aliphatic rings. The summed E-state index contributed by atoms with van der Waals surface area (Å²) in [4.78, 5) is 14.6. The van der Waals surface area contributed by atoms with Gasteiger partial charge >= 0.3 is 0 Å². The molecule has 2 N–H and O–H groups in total. The fourth-order valence-electron chi connectivity index (χ4n) is 2.81. The molecule has 1 saturated carbocycles. The molecule has 1 aromatic carbocycles. The molecule has 1 saturated heterocycles. The van der Waals surface area contributed by atoms with Gasteiger partial charge in [-0.25, -0.2) is 13.1 Å². The number of carbonyl (C=O) groups is 1. The number of rotatable bonds is 5. The van der Waals surface area contributed by atoms with Crippen molar-refractivity contribution in [2.45, 2.75) is 36.7 Å². The maximum Gasteiger partial charge on any atom is 0.254 e. The van der Waals surface area contributed by atoms with Gasteiger partial charge in [0, 0.05) is 37.3 Å². The molecule has 8 heteroatoms. The van der Waals surface area contributed by atoms with Gasteiger partial charge in [0.2, 0.25) is 10.0 Å². The molecule has 0 spiro atoms. The van der Waals surface area contributed by atoms with Crippen molar-refractivity contribution in [2.24, 2.45) is 0 Å². The van der Waals surface area contributed by atoms with Crippen LogP contribution < -0.4 is 14.8 Å². The monoisotopic (exact) mass is 353 g/mol. The Kier molecular flexibility index (Phi) is 4.80. The summed E-state index contributed by atoms with van der Waals surface area (Å²) in [6, 6.07) is 4.64. The third-order valence-electron chi connectivity index (χ3n) is 4.36. The van der Waals surface area contributed by atoms with Crippen LogP contribution in [-0.4, -0.2) is 58.1 Å². The molecule has 1 atom stereocenters. The third-order valence-corrected chi connectivity index (χ3v) is 5.90. The van der Waals surface area contributed by atoms with Gasteiger partial charge in [0.25, 0.3) is 5.91 Å². The Labute approximate surface area is 142 Å². The van der Waals surface area contributed by atoms with Crippen molar-refractivity contribution in [1.82, 2.24) is 14.9 Å². The van der Waals surface area contributed by atoms with Crippen molar-refractivity contribution in [3.8, 4) is 5.75 Å². The summed E-state index contributed by atoms with van der Waals surface area (Å²) >= 11 is 0. The van der Waals surface area contributed by atoms with E-state index in [2.05, 4.69) is 10.0 Å². The van der Waals surface area contributed by atoms with Crippen molar-refractivity contribution in [3.05, 3.63) is 23.8 Å². The molecule has 3 rings (SSSR count). The summed E-state index contributed by atoms with van der Waals surface area (Å²) < 4.78 is 32.9. The van der Waals surface area contributed by atoms with E-state index in [9.17, 15) is 13.2 Å². The number of nitrogens with zero attached hydrogens (tertiary/aromatic N) is 1. The molecule has 1 heterocycles. The number of methoxy groups -OCH3 is 1. The summed E-state index contributed by atoms with van der Waals surface area (Å²) in [5.41, 5.74) is 0.362. The van der Waals surface area contributed by atoms with Crippen molar-refractivity contribution in [3.63, 3.8) is 0 Å². The molecule has 0 bridgehead atoms. The Morgan fingerprint density at radius 2 is 2.12 bits per heavy atom. The molecule has 0 radical (unpaired) electrons. The van der Waals surface area contributed by atoms with Crippen LogP contribution in [0.3, 0.4) is 0 Å². The van der Waals surface area contributed by atoms with Gasteiger partial charge in [0.05, 0.1) is 7.11 Å². The van der Waals surface area contributed by atoms with Crippen LogP contribution in [0.2, 0.25) is 0 Å². The van der Waals surface area contributed by atoms with E-state index in [1.165, 1.54) is 13.2 Å². The van der Waals surface area contributed by atoms with Crippen LogP contribution in [-0.2, 0) is 10.0 Å². The van der Waals surface area contributed by atoms with Gasteiger partial charge in [-0.05, 0) is 38.0 Å². The molecule has 132 valence electrons. The fourth-order valence-corrected chi connectivity index (χ4v) is 4.31. The van der Waals surface area contributed by atoms with E-state index in [4.69, 9.17) is 4.74 Å². The first-order chi connectivity index (χ1) is 11.4. The van der Waals surface area contributed by atoms with Gasteiger partial charge in [-0.1, -0.05) is 0 Å². The average Bonchev–Trinajstić information content (AvgIpc) is 3.37. The number of nitrogens with one attached hydrogen (secondary N) is 2. The number of hydrogen-bond acceptors (Lipinski definition) is 5. The van der Waals surface area contributed by atoms with Gasteiger partial charge in [0.15, 0.2) is 0 Å². The predicted molar refractivity (Wildman–Crippen MR) is 89.7 cm³/mol. The zero-order valence-corrected chi connectivity index (χ0v) is 14.7. The van der Waals surface area contributed by atoms with E-state index in [0.29, 0.717) is 12.1 Å². The Balaban J connectivity index is 1.92. The maximum atomic E-state index is 12.8. The van der Waals surface area contributed by atoms with Crippen molar-refractivity contribution in [1.29, 1.82) is 0 Å². The predicted octanol–water partition coefficient (Wildman–Crippen LogP) is 0.570. The van der Waals surface area contributed by atoms with Crippen LogP contribution in [0.15, 0.2) is 23.1 Å².